The van der Waals surface area contributed by atoms with Crippen LogP contribution in [0, 0.1) is 5.82 Å². The van der Waals surface area contributed by atoms with E-state index < -0.39 is 0 Å². The van der Waals surface area contributed by atoms with Gasteiger partial charge in [-0.3, -0.25) is 4.90 Å². The second kappa shape index (κ2) is 9.59. The second-order valence-corrected chi connectivity index (χ2v) is 7.22. The van der Waals surface area contributed by atoms with Gasteiger partial charge in [0.05, 0.1) is 12.6 Å². The number of ether oxygens (including phenoxy) is 2. The summed E-state index contributed by atoms with van der Waals surface area (Å²) in [7, 11) is 0. The summed E-state index contributed by atoms with van der Waals surface area (Å²) in [6.45, 7) is 8.27. The molecule has 0 radical (unpaired) electrons. The molecule has 2 aromatic carbocycles. The van der Waals surface area contributed by atoms with Gasteiger partial charge in [0.1, 0.15) is 35.7 Å². The molecule has 0 unspecified atom stereocenters. The minimum atomic E-state index is -0.266. The van der Waals surface area contributed by atoms with Crippen molar-refractivity contribution in [2.24, 2.45) is 0 Å². The summed E-state index contributed by atoms with van der Waals surface area (Å²) in [4.78, 5) is 15.9. The van der Waals surface area contributed by atoms with Crippen LogP contribution in [0.15, 0.2) is 54.2 Å². The molecule has 5 nitrogen and oxygen atoms in total. The van der Waals surface area contributed by atoms with E-state index in [0.717, 1.165) is 23.6 Å². The van der Waals surface area contributed by atoms with Crippen LogP contribution in [-0.4, -0.2) is 47.7 Å². The van der Waals surface area contributed by atoms with E-state index in [1.165, 1.54) is 12.1 Å². The average Bonchev–Trinajstić information content (AvgIpc) is 2.72. The van der Waals surface area contributed by atoms with Gasteiger partial charge < -0.3 is 14.4 Å². The Balaban J connectivity index is 1.64. The van der Waals surface area contributed by atoms with Crippen LogP contribution in [0.3, 0.4) is 0 Å². The van der Waals surface area contributed by atoms with Gasteiger partial charge in [0.25, 0.3) is 0 Å². The van der Waals surface area contributed by atoms with Crippen molar-refractivity contribution in [3.05, 3.63) is 65.6 Å². The molecule has 0 bridgehead atoms. The second-order valence-electron chi connectivity index (χ2n) is 7.22. The number of benzene rings is 2. The van der Waals surface area contributed by atoms with E-state index >= 15 is 0 Å². The van der Waals surface area contributed by atoms with E-state index in [4.69, 9.17) is 9.47 Å². The molecule has 1 saturated heterocycles. The molecular formula is C23H27FN2O3. The highest BCUT2D eigenvalue weighted by molar-refractivity contribution is 5.54. The fourth-order valence-electron chi connectivity index (χ4n) is 3.54. The quantitative estimate of drug-likeness (QED) is 0.663. The Morgan fingerprint density at radius 2 is 1.66 bits per heavy atom. The summed E-state index contributed by atoms with van der Waals surface area (Å²) in [6.07, 6.45) is 0. The molecule has 3 rings (SSSR count). The van der Waals surface area contributed by atoms with E-state index in [-0.39, 0.29) is 17.9 Å². The molecule has 0 N–H and O–H groups in total. The molecule has 1 heterocycles. The molecule has 6 heteroatoms. The third-order valence-corrected chi connectivity index (χ3v) is 5.19. The van der Waals surface area contributed by atoms with Crippen LogP contribution in [0.1, 0.15) is 26.3 Å². The number of rotatable bonds is 7. The molecule has 0 amide bonds. The molecule has 29 heavy (non-hydrogen) atoms. The monoisotopic (exact) mass is 398 g/mol. The number of halogens is 1. The van der Waals surface area contributed by atoms with Crippen molar-refractivity contribution in [2.45, 2.75) is 39.4 Å². The summed E-state index contributed by atoms with van der Waals surface area (Å²) in [6, 6.07) is 13.8. The van der Waals surface area contributed by atoms with E-state index in [9.17, 15) is 9.18 Å². The van der Waals surface area contributed by atoms with Gasteiger partial charge in [0.15, 0.2) is 0 Å². The van der Waals surface area contributed by atoms with Crippen molar-refractivity contribution in [3.63, 3.8) is 0 Å². The zero-order chi connectivity index (χ0) is 20.8. The first kappa shape index (κ1) is 20.9. The number of hydrogen-bond acceptors (Lipinski definition) is 5. The zero-order valence-electron chi connectivity index (χ0n) is 17.1. The molecule has 0 spiro atoms. The van der Waals surface area contributed by atoms with Crippen molar-refractivity contribution in [1.82, 2.24) is 9.80 Å². The smallest absolute Gasteiger partial charge is 0.147 e. The van der Waals surface area contributed by atoms with E-state index in [2.05, 4.69) is 17.8 Å². The maximum Gasteiger partial charge on any atom is 0.147 e. The normalized spacial score (nSPS) is 19.7. The van der Waals surface area contributed by atoms with Gasteiger partial charge in [0.2, 0.25) is 0 Å². The Bertz CT molecular complexity index is 847. The lowest BCUT2D eigenvalue weighted by Crippen LogP contribution is -2.55. The molecule has 0 saturated carbocycles. The maximum atomic E-state index is 13.2. The highest BCUT2D eigenvalue weighted by atomic mass is 19.1. The molecule has 2 atom stereocenters. The summed E-state index contributed by atoms with van der Waals surface area (Å²) in [5.41, 5.74) is 1.54. The molecule has 0 aromatic heterocycles. The lowest BCUT2D eigenvalue weighted by molar-refractivity contribution is 0.0285. The summed E-state index contributed by atoms with van der Waals surface area (Å²) in [5, 5.41) is 0. The Morgan fingerprint density at radius 3 is 2.24 bits per heavy atom. The number of hydrogen-bond donors (Lipinski definition) is 0. The summed E-state index contributed by atoms with van der Waals surface area (Å²) in [5.74, 6) is 3.41. The topological polar surface area (TPSA) is 42.0 Å². The highest BCUT2D eigenvalue weighted by Crippen LogP contribution is 2.26. The summed E-state index contributed by atoms with van der Waals surface area (Å²) >= 11 is 0. The first-order valence-electron chi connectivity index (χ1n) is 9.87. The van der Waals surface area contributed by atoms with Gasteiger partial charge in [-0.2, -0.15) is 0 Å². The standard InChI is InChI=1S/C23H27FN2O3/c1-4-28-21-9-11-22(12-10-21)29-16-25-13-17(2)26(23(15-27)18(25)3)14-19-5-7-20(24)8-6-19/h5-12,17-18H,4,13-14,16H2,1-3H3/t17-,18+/m1/s1. The molecule has 2 aromatic rings. The molecule has 1 fully saturated rings. The van der Waals surface area contributed by atoms with Crippen molar-refractivity contribution in [2.75, 3.05) is 19.9 Å². The predicted molar refractivity (Wildman–Crippen MR) is 110 cm³/mol. The van der Waals surface area contributed by atoms with Gasteiger partial charge in [-0.05, 0) is 62.7 Å². The number of piperazine rings is 1. The fraction of sp³-hybridized carbons (Fsp3) is 0.391. The third-order valence-electron chi connectivity index (χ3n) is 5.19. The average molecular weight is 398 g/mol. The van der Waals surface area contributed by atoms with Crippen LogP contribution in [0.4, 0.5) is 4.39 Å². The Hall–Kier alpha value is -2.82. The van der Waals surface area contributed by atoms with Gasteiger partial charge in [-0.25, -0.2) is 9.18 Å². The van der Waals surface area contributed by atoms with Crippen molar-refractivity contribution >= 4 is 5.94 Å². The Labute approximate surface area is 171 Å². The Kier molecular flexibility index (Phi) is 6.91. The number of nitrogens with zero attached hydrogens (tertiary/aromatic N) is 2. The molecule has 1 aliphatic rings. The molecule has 154 valence electrons. The maximum absolute atomic E-state index is 13.2. The minimum absolute atomic E-state index is 0.0941. The van der Waals surface area contributed by atoms with E-state index in [1.54, 1.807) is 12.1 Å². The van der Waals surface area contributed by atoms with Crippen molar-refractivity contribution in [3.8, 4) is 11.5 Å². The molecular weight excluding hydrogens is 371 g/mol. The van der Waals surface area contributed by atoms with Crippen LogP contribution >= 0.6 is 0 Å². The van der Waals surface area contributed by atoms with Crippen LogP contribution in [0.5, 0.6) is 11.5 Å². The van der Waals surface area contributed by atoms with Crippen LogP contribution in [0.25, 0.3) is 0 Å². The minimum Gasteiger partial charge on any atom is -0.494 e. The zero-order valence-corrected chi connectivity index (χ0v) is 17.1. The Morgan fingerprint density at radius 1 is 1.03 bits per heavy atom. The van der Waals surface area contributed by atoms with Gasteiger partial charge >= 0.3 is 0 Å². The van der Waals surface area contributed by atoms with Crippen LogP contribution < -0.4 is 9.47 Å². The van der Waals surface area contributed by atoms with Gasteiger partial charge in [0, 0.05) is 19.1 Å². The van der Waals surface area contributed by atoms with E-state index in [1.807, 2.05) is 43.0 Å². The van der Waals surface area contributed by atoms with Gasteiger partial charge in [-0.15, -0.1) is 0 Å². The first-order chi connectivity index (χ1) is 14.0. The largest absolute Gasteiger partial charge is 0.494 e. The lowest BCUT2D eigenvalue weighted by Gasteiger charge is -2.45. The molecule has 1 aliphatic heterocycles. The van der Waals surface area contributed by atoms with Gasteiger partial charge in [-0.1, -0.05) is 12.1 Å². The SMILES string of the molecule is CCOc1ccc(OCN2C[C@@H](C)N(Cc3ccc(F)cc3)C(=C=O)[C@@H]2C)cc1. The predicted octanol–water partition coefficient (Wildman–Crippen LogP) is 3.87. The van der Waals surface area contributed by atoms with Crippen LogP contribution in [-0.2, 0) is 11.3 Å². The number of carbonyl (C=O) groups excluding carboxylic acids is 1. The summed E-state index contributed by atoms with van der Waals surface area (Å²) < 4.78 is 24.5. The van der Waals surface area contributed by atoms with Crippen LogP contribution in [0.2, 0.25) is 0 Å². The lowest BCUT2D eigenvalue weighted by atomic mass is 10.0. The molecule has 0 aliphatic carbocycles. The van der Waals surface area contributed by atoms with E-state index in [0.29, 0.717) is 25.6 Å². The van der Waals surface area contributed by atoms with Crippen molar-refractivity contribution in [1.29, 1.82) is 0 Å². The third kappa shape index (κ3) is 5.17. The fourth-order valence-corrected chi connectivity index (χ4v) is 3.54. The highest BCUT2D eigenvalue weighted by Gasteiger charge is 2.34. The first-order valence-corrected chi connectivity index (χ1v) is 9.87. The van der Waals surface area contributed by atoms with Crippen molar-refractivity contribution < 1.29 is 18.7 Å².